The number of hydrogen-bond acceptors (Lipinski definition) is 1. The maximum atomic E-state index is 11.3. The number of nitrogens with one attached hydrogen (secondary N) is 1. The van der Waals surface area contributed by atoms with Crippen LogP contribution in [0.3, 0.4) is 0 Å². The van der Waals surface area contributed by atoms with Crippen LogP contribution >= 0.6 is 0 Å². The standard InChI is InChI=1S/C10H19NO/c1-11-10(12)9-7-5-3-2-4-6-8-9/h9H,2-8H2,1H3,(H,11,12). The monoisotopic (exact) mass is 169 g/mol. The Bertz CT molecular complexity index is 137. The van der Waals surface area contributed by atoms with Crippen LogP contribution in [0, 0.1) is 5.92 Å². The van der Waals surface area contributed by atoms with Crippen LogP contribution in [0.5, 0.6) is 0 Å². The molecule has 2 nitrogen and oxygen atoms in total. The van der Waals surface area contributed by atoms with Crippen LogP contribution in [0.1, 0.15) is 44.9 Å². The van der Waals surface area contributed by atoms with E-state index in [1.54, 1.807) is 7.05 Å². The van der Waals surface area contributed by atoms with E-state index < -0.39 is 0 Å². The Hall–Kier alpha value is -0.530. The fourth-order valence-electron chi connectivity index (χ4n) is 1.92. The Morgan fingerprint density at radius 1 is 1.08 bits per heavy atom. The zero-order valence-electron chi connectivity index (χ0n) is 7.94. The van der Waals surface area contributed by atoms with Gasteiger partial charge in [0, 0.05) is 13.0 Å². The molecule has 1 fully saturated rings. The molecule has 1 saturated carbocycles. The van der Waals surface area contributed by atoms with Crippen molar-refractivity contribution < 1.29 is 4.79 Å². The highest BCUT2D eigenvalue weighted by molar-refractivity contribution is 5.78. The minimum Gasteiger partial charge on any atom is -0.359 e. The summed E-state index contributed by atoms with van der Waals surface area (Å²) in [4.78, 5) is 11.3. The predicted molar refractivity (Wildman–Crippen MR) is 49.9 cm³/mol. The molecule has 0 unspecified atom stereocenters. The van der Waals surface area contributed by atoms with Gasteiger partial charge >= 0.3 is 0 Å². The molecule has 1 aliphatic rings. The van der Waals surface area contributed by atoms with Gasteiger partial charge in [-0.05, 0) is 12.8 Å². The molecule has 2 heteroatoms. The lowest BCUT2D eigenvalue weighted by molar-refractivity contribution is -0.125. The van der Waals surface area contributed by atoms with Crippen LogP contribution in [0.2, 0.25) is 0 Å². The van der Waals surface area contributed by atoms with Crippen molar-refractivity contribution in [2.45, 2.75) is 44.9 Å². The third kappa shape index (κ3) is 2.84. The lowest BCUT2D eigenvalue weighted by Crippen LogP contribution is -2.27. The molecule has 0 aliphatic heterocycles. The molecule has 0 aromatic carbocycles. The molecule has 1 aliphatic carbocycles. The van der Waals surface area contributed by atoms with E-state index in [4.69, 9.17) is 0 Å². The van der Waals surface area contributed by atoms with Gasteiger partial charge in [-0.2, -0.15) is 0 Å². The average Bonchev–Trinajstić information content (AvgIpc) is 2.02. The lowest BCUT2D eigenvalue weighted by Gasteiger charge is -2.17. The van der Waals surface area contributed by atoms with Gasteiger partial charge < -0.3 is 5.32 Å². The SMILES string of the molecule is CNC(=O)C1CCCCCCC1. The van der Waals surface area contributed by atoms with Crippen molar-refractivity contribution in [3.63, 3.8) is 0 Å². The van der Waals surface area contributed by atoms with Gasteiger partial charge in [-0.3, -0.25) is 4.79 Å². The zero-order chi connectivity index (χ0) is 8.81. The molecule has 0 saturated heterocycles. The molecule has 0 spiro atoms. The molecule has 1 N–H and O–H groups in total. The second-order valence-corrected chi connectivity index (χ2v) is 3.66. The van der Waals surface area contributed by atoms with E-state index >= 15 is 0 Å². The highest BCUT2D eigenvalue weighted by Crippen LogP contribution is 2.21. The quantitative estimate of drug-likeness (QED) is 0.640. The first kappa shape index (κ1) is 9.56. The molecule has 0 aromatic heterocycles. The maximum absolute atomic E-state index is 11.3. The van der Waals surface area contributed by atoms with E-state index in [1.807, 2.05) is 0 Å². The van der Waals surface area contributed by atoms with Crippen LogP contribution in [0.25, 0.3) is 0 Å². The summed E-state index contributed by atoms with van der Waals surface area (Å²) in [6.07, 6.45) is 8.65. The van der Waals surface area contributed by atoms with E-state index in [2.05, 4.69) is 5.32 Å². The predicted octanol–water partition coefficient (Wildman–Crippen LogP) is 2.09. The number of carbonyl (C=O) groups is 1. The molecule has 12 heavy (non-hydrogen) atoms. The Labute approximate surface area is 74.7 Å². The van der Waals surface area contributed by atoms with Crippen LogP contribution < -0.4 is 5.32 Å². The van der Waals surface area contributed by atoms with Gasteiger partial charge in [-0.1, -0.05) is 32.1 Å². The van der Waals surface area contributed by atoms with Gasteiger partial charge in [0.1, 0.15) is 0 Å². The third-order valence-electron chi connectivity index (χ3n) is 2.72. The van der Waals surface area contributed by atoms with Gasteiger partial charge in [0.15, 0.2) is 0 Å². The van der Waals surface area contributed by atoms with E-state index in [9.17, 15) is 4.79 Å². The first-order valence-electron chi connectivity index (χ1n) is 5.06. The highest BCUT2D eigenvalue weighted by atomic mass is 16.1. The maximum Gasteiger partial charge on any atom is 0.222 e. The Morgan fingerprint density at radius 3 is 2.08 bits per heavy atom. The number of amides is 1. The molecule has 0 atom stereocenters. The van der Waals surface area contributed by atoms with Gasteiger partial charge in [-0.15, -0.1) is 0 Å². The largest absolute Gasteiger partial charge is 0.359 e. The Morgan fingerprint density at radius 2 is 1.58 bits per heavy atom. The smallest absolute Gasteiger partial charge is 0.222 e. The van der Waals surface area contributed by atoms with E-state index in [1.165, 1.54) is 32.1 Å². The molecule has 0 aromatic rings. The van der Waals surface area contributed by atoms with E-state index in [-0.39, 0.29) is 5.91 Å². The second-order valence-electron chi connectivity index (χ2n) is 3.66. The minimum absolute atomic E-state index is 0.247. The van der Waals surface area contributed by atoms with Crippen molar-refractivity contribution >= 4 is 5.91 Å². The van der Waals surface area contributed by atoms with Crippen molar-refractivity contribution in [3.8, 4) is 0 Å². The molecular weight excluding hydrogens is 150 g/mol. The normalized spacial score (nSPS) is 21.1. The summed E-state index contributed by atoms with van der Waals surface area (Å²) in [5.74, 6) is 0.548. The van der Waals surface area contributed by atoms with E-state index in [0.29, 0.717) is 5.92 Å². The fraction of sp³-hybridized carbons (Fsp3) is 0.900. The Kier molecular flexibility index (Phi) is 4.12. The zero-order valence-corrected chi connectivity index (χ0v) is 7.94. The summed E-state index contributed by atoms with van der Waals surface area (Å²) in [6, 6.07) is 0. The molecule has 0 bridgehead atoms. The van der Waals surface area contributed by atoms with Crippen LogP contribution in [0.15, 0.2) is 0 Å². The average molecular weight is 169 g/mol. The highest BCUT2D eigenvalue weighted by Gasteiger charge is 2.17. The second kappa shape index (κ2) is 5.18. The number of hydrogen-bond donors (Lipinski definition) is 1. The van der Waals surface area contributed by atoms with E-state index in [0.717, 1.165) is 12.8 Å². The van der Waals surface area contributed by atoms with Gasteiger partial charge in [0.2, 0.25) is 5.91 Å². The van der Waals surface area contributed by atoms with Crippen LogP contribution in [0.4, 0.5) is 0 Å². The topological polar surface area (TPSA) is 29.1 Å². The summed E-state index contributed by atoms with van der Waals surface area (Å²) in [6.45, 7) is 0. The summed E-state index contributed by atoms with van der Waals surface area (Å²) in [7, 11) is 1.74. The number of carbonyl (C=O) groups excluding carboxylic acids is 1. The summed E-state index contributed by atoms with van der Waals surface area (Å²) in [5.41, 5.74) is 0. The molecular formula is C10H19NO. The van der Waals surface area contributed by atoms with Crippen molar-refractivity contribution in [2.24, 2.45) is 5.92 Å². The molecule has 70 valence electrons. The third-order valence-corrected chi connectivity index (χ3v) is 2.72. The van der Waals surface area contributed by atoms with Crippen molar-refractivity contribution in [1.29, 1.82) is 0 Å². The summed E-state index contributed by atoms with van der Waals surface area (Å²) in [5, 5.41) is 2.74. The molecule has 0 radical (unpaired) electrons. The minimum atomic E-state index is 0.247. The van der Waals surface area contributed by atoms with Crippen molar-refractivity contribution in [2.75, 3.05) is 7.05 Å². The summed E-state index contributed by atoms with van der Waals surface area (Å²) >= 11 is 0. The van der Waals surface area contributed by atoms with Gasteiger partial charge in [-0.25, -0.2) is 0 Å². The first-order chi connectivity index (χ1) is 5.84. The molecule has 1 amide bonds. The van der Waals surface area contributed by atoms with Crippen molar-refractivity contribution in [3.05, 3.63) is 0 Å². The van der Waals surface area contributed by atoms with Crippen LogP contribution in [-0.4, -0.2) is 13.0 Å². The van der Waals surface area contributed by atoms with Gasteiger partial charge in [0.05, 0.1) is 0 Å². The van der Waals surface area contributed by atoms with Gasteiger partial charge in [0.25, 0.3) is 0 Å². The molecule has 1 rings (SSSR count). The lowest BCUT2D eigenvalue weighted by atomic mass is 9.91. The number of rotatable bonds is 1. The summed E-state index contributed by atoms with van der Waals surface area (Å²) < 4.78 is 0. The fourth-order valence-corrected chi connectivity index (χ4v) is 1.92. The van der Waals surface area contributed by atoms with Crippen molar-refractivity contribution in [1.82, 2.24) is 5.32 Å². The Balaban J connectivity index is 2.34. The van der Waals surface area contributed by atoms with Crippen LogP contribution in [-0.2, 0) is 4.79 Å². The molecule has 0 heterocycles. The first-order valence-corrected chi connectivity index (χ1v) is 5.06.